The van der Waals surface area contributed by atoms with Crippen molar-refractivity contribution in [3.63, 3.8) is 0 Å². The third-order valence-electron chi connectivity index (χ3n) is 3.71. The number of hydrogen-bond donors (Lipinski definition) is 2. The first kappa shape index (κ1) is 9.47. The fourth-order valence-electron chi connectivity index (χ4n) is 2.18. The second kappa shape index (κ2) is 3.58. The van der Waals surface area contributed by atoms with Gasteiger partial charge in [-0.3, -0.25) is 0 Å². The summed E-state index contributed by atoms with van der Waals surface area (Å²) in [6.07, 6.45) is 8.02. The van der Waals surface area contributed by atoms with Crippen molar-refractivity contribution in [1.29, 1.82) is 0 Å². The molecule has 0 heterocycles. The second-order valence-electron chi connectivity index (χ2n) is 5.13. The van der Waals surface area contributed by atoms with Crippen LogP contribution in [0.1, 0.15) is 45.4 Å². The Hall–Kier alpha value is -0.0800. The van der Waals surface area contributed by atoms with Crippen LogP contribution in [0.25, 0.3) is 0 Å². The van der Waals surface area contributed by atoms with E-state index in [1.807, 2.05) is 0 Å². The highest BCUT2D eigenvalue weighted by Gasteiger charge is 2.32. The molecule has 0 bridgehead atoms. The number of nitrogens with two attached hydrogens (primary N) is 1. The fraction of sp³-hybridized carbons (Fsp3) is 1.00. The summed E-state index contributed by atoms with van der Waals surface area (Å²) in [5.74, 6) is 0.857. The first-order valence-corrected chi connectivity index (χ1v) is 5.70. The Bertz CT molecular complexity index is 171. The van der Waals surface area contributed by atoms with Crippen LogP contribution in [0.2, 0.25) is 0 Å². The molecular formula is C11H22N2. The van der Waals surface area contributed by atoms with Gasteiger partial charge in [0.25, 0.3) is 0 Å². The van der Waals surface area contributed by atoms with Crippen LogP contribution >= 0.6 is 0 Å². The van der Waals surface area contributed by atoms with E-state index in [0.717, 1.165) is 12.5 Å². The molecular weight excluding hydrogens is 160 g/mol. The molecule has 0 spiro atoms. The van der Waals surface area contributed by atoms with Gasteiger partial charge in [0.1, 0.15) is 0 Å². The maximum absolute atomic E-state index is 6.03. The minimum Gasteiger partial charge on any atom is -0.327 e. The summed E-state index contributed by atoms with van der Waals surface area (Å²) in [4.78, 5) is 0. The largest absolute Gasteiger partial charge is 0.327 e. The van der Waals surface area contributed by atoms with E-state index in [1.54, 1.807) is 0 Å². The molecule has 0 radical (unpaired) electrons. The monoisotopic (exact) mass is 182 g/mol. The molecule has 1 atom stereocenters. The summed E-state index contributed by atoms with van der Waals surface area (Å²) in [6.45, 7) is 3.45. The Balaban J connectivity index is 1.57. The maximum Gasteiger partial charge on any atom is 0.0153 e. The van der Waals surface area contributed by atoms with Gasteiger partial charge in [-0.2, -0.15) is 0 Å². The quantitative estimate of drug-likeness (QED) is 0.678. The topological polar surface area (TPSA) is 38.0 Å². The summed E-state index contributed by atoms with van der Waals surface area (Å²) in [6, 6.07) is 0.469. The highest BCUT2D eigenvalue weighted by Crippen LogP contribution is 2.33. The molecule has 0 saturated heterocycles. The van der Waals surface area contributed by atoms with Crippen molar-refractivity contribution in [3.05, 3.63) is 0 Å². The van der Waals surface area contributed by atoms with E-state index in [2.05, 4.69) is 12.2 Å². The average Bonchev–Trinajstić information content (AvgIpc) is 2.83. The van der Waals surface area contributed by atoms with Gasteiger partial charge in [0, 0.05) is 11.6 Å². The summed E-state index contributed by atoms with van der Waals surface area (Å²) in [5.41, 5.74) is 6.49. The van der Waals surface area contributed by atoms with Crippen molar-refractivity contribution in [2.24, 2.45) is 11.7 Å². The number of hydrogen-bond acceptors (Lipinski definition) is 2. The van der Waals surface area contributed by atoms with Crippen molar-refractivity contribution < 1.29 is 0 Å². The van der Waals surface area contributed by atoms with Crippen LogP contribution in [0.5, 0.6) is 0 Å². The van der Waals surface area contributed by atoms with Gasteiger partial charge in [0.15, 0.2) is 0 Å². The fourth-order valence-corrected chi connectivity index (χ4v) is 2.18. The molecule has 1 unspecified atom stereocenters. The molecule has 2 aliphatic rings. The standard InChI is InChI=1S/C11H22N2/c1-11(6-2-7-11)13-8-5-10(12)9-3-4-9/h9-10,13H,2-8,12H2,1H3. The molecule has 13 heavy (non-hydrogen) atoms. The zero-order chi connectivity index (χ0) is 9.31. The van der Waals surface area contributed by atoms with E-state index in [4.69, 9.17) is 5.73 Å². The highest BCUT2D eigenvalue weighted by atomic mass is 15.0. The molecule has 0 aromatic heterocycles. The first-order chi connectivity index (χ1) is 6.20. The molecule has 2 nitrogen and oxygen atoms in total. The van der Waals surface area contributed by atoms with Crippen LogP contribution in [0, 0.1) is 5.92 Å². The van der Waals surface area contributed by atoms with Gasteiger partial charge in [-0.1, -0.05) is 0 Å². The molecule has 2 heteroatoms. The van der Waals surface area contributed by atoms with Crippen molar-refractivity contribution in [2.45, 2.75) is 57.0 Å². The van der Waals surface area contributed by atoms with E-state index < -0.39 is 0 Å². The molecule has 2 saturated carbocycles. The van der Waals surface area contributed by atoms with Gasteiger partial charge in [0.05, 0.1) is 0 Å². The Morgan fingerprint density at radius 2 is 2.15 bits per heavy atom. The van der Waals surface area contributed by atoms with Crippen LogP contribution in [-0.4, -0.2) is 18.1 Å². The molecule has 3 N–H and O–H groups in total. The lowest BCUT2D eigenvalue weighted by atomic mass is 9.78. The van der Waals surface area contributed by atoms with E-state index >= 15 is 0 Å². The smallest absolute Gasteiger partial charge is 0.0153 e. The molecule has 76 valence electrons. The van der Waals surface area contributed by atoms with Crippen LogP contribution < -0.4 is 11.1 Å². The predicted molar refractivity (Wildman–Crippen MR) is 55.6 cm³/mol. The molecule has 0 aromatic rings. The average molecular weight is 182 g/mol. The van der Waals surface area contributed by atoms with Gasteiger partial charge in [0.2, 0.25) is 0 Å². The third kappa shape index (κ3) is 2.44. The van der Waals surface area contributed by atoms with Gasteiger partial charge in [-0.25, -0.2) is 0 Å². The van der Waals surface area contributed by atoms with Crippen molar-refractivity contribution in [3.8, 4) is 0 Å². The minimum atomic E-state index is 0.462. The zero-order valence-corrected chi connectivity index (χ0v) is 8.68. The van der Waals surface area contributed by atoms with Crippen LogP contribution in [-0.2, 0) is 0 Å². The van der Waals surface area contributed by atoms with Gasteiger partial charge in [-0.15, -0.1) is 0 Å². The SMILES string of the molecule is CC1(NCCC(N)C2CC2)CCC1. The molecule has 0 aromatic carbocycles. The zero-order valence-electron chi connectivity index (χ0n) is 8.68. The Labute approximate surface area is 81.3 Å². The van der Waals surface area contributed by atoms with E-state index in [1.165, 1.54) is 38.5 Å². The number of nitrogens with one attached hydrogen (secondary N) is 1. The lowest BCUT2D eigenvalue weighted by Gasteiger charge is -2.39. The normalized spacial score (nSPS) is 28.2. The van der Waals surface area contributed by atoms with Crippen LogP contribution in [0.4, 0.5) is 0 Å². The van der Waals surface area contributed by atoms with E-state index in [0.29, 0.717) is 11.6 Å². The lowest BCUT2D eigenvalue weighted by molar-refractivity contribution is 0.206. The van der Waals surface area contributed by atoms with Crippen molar-refractivity contribution in [1.82, 2.24) is 5.32 Å². The van der Waals surface area contributed by atoms with Gasteiger partial charge in [-0.05, 0) is 57.9 Å². The third-order valence-corrected chi connectivity index (χ3v) is 3.71. The Morgan fingerprint density at radius 3 is 2.62 bits per heavy atom. The van der Waals surface area contributed by atoms with E-state index in [9.17, 15) is 0 Å². The summed E-state index contributed by atoms with van der Waals surface area (Å²) >= 11 is 0. The molecule has 0 amide bonds. The van der Waals surface area contributed by atoms with Crippen molar-refractivity contribution >= 4 is 0 Å². The molecule has 0 aliphatic heterocycles. The van der Waals surface area contributed by atoms with Crippen molar-refractivity contribution in [2.75, 3.05) is 6.54 Å². The summed E-state index contributed by atoms with van der Waals surface area (Å²) in [5, 5.41) is 3.63. The van der Waals surface area contributed by atoms with E-state index in [-0.39, 0.29) is 0 Å². The maximum atomic E-state index is 6.03. The Kier molecular flexibility index (Phi) is 2.61. The lowest BCUT2D eigenvalue weighted by Crippen LogP contribution is -2.49. The molecule has 2 rings (SSSR count). The summed E-state index contributed by atoms with van der Waals surface area (Å²) in [7, 11) is 0. The van der Waals surface area contributed by atoms with Gasteiger partial charge >= 0.3 is 0 Å². The molecule has 2 fully saturated rings. The predicted octanol–water partition coefficient (Wildman–Crippen LogP) is 1.65. The van der Waals surface area contributed by atoms with Crippen LogP contribution in [0.15, 0.2) is 0 Å². The highest BCUT2D eigenvalue weighted by molar-refractivity contribution is 4.92. The van der Waals surface area contributed by atoms with Gasteiger partial charge < -0.3 is 11.1 Å². The Morgan fingerprint density at radius 1 is 1.46 bits per heavy atom. The summed E-state index contributed by atoms with van der Waals surface area (Å²) < 4.78 is 0. The second-order valence-corrected chi connectivity index (χ2v) is 5.13. The minimum absolute atomic E-state index is 0.462. The first-order valence-electron chi connectivity index (χ1n) is 5.70. The van der Waals surface area contributed by atoms with Crippen LogP contribution in [0.3, 0.4) is 0 Å². The number of rotatable bonds is 5. The molecule has 2 aliphatic carbocycles.